The van der Waals surface area contributed by atoms with Gasteiger partial charge in [0, 0.05) is 12.6 Å². The highest BCUT2D eigenvalue weighted by Crippen LogP contribution is 2.28. The molecule has 0 aliphatic carbocycles. The van der Waals surface area contributed by atoms with Crippen LogP contribution in [-0.2, 0) is 6.54 Å². The number of methoxy groups -OCH3 is 1. The average molecular weight is 372 g/mol. The van der Waals surface area contributed by atoms with Gasteiger partial charge >= 0.3 is 0 Å². The zero-order valence-corrected chi connectivity index (χ0v) is 15.8. The normalized spacial score (nSPS) is 12.4. The third kappa shape index (κ3) is 4.01. The molecular weight excluding hydrogens is 350 g/mol. The summed E-state index contributed by atoms with van der Waals surface area (Å²) in [6, 6.07) is 12.0. The van der Waals surface area contributed by atoms with Gasteiger partial charge in [-0.1, -0.05) is 18.2 Å². The molecule has 3 rings (SSSR count). The van der Waals surface area contributed by atoms with Gasteiger partial charge in [-0.2, -0.15) is 0 Å². The standard InChI is InChI=1S/C21H22F2N2O2/c1-13(15-8-10-16(26-4)11-9-15)25(3)12-19-14(2)27-21(24-19)17-6-5-7-18(22)20(17)23/h5-11,13H,12H2,1-4H3. The molecule has 0 bridgehead atoms. The second-order valence-electron chi connectivity index (χ2n) is 6.49. The Morgan fingerprint density at radius 1 is 1.15 bits per heavy atom. The van der Waals surface area contributed by atoms with Crippen LogP contribution in [0.4, 0.5) is 8.78 Å². The van der Waals surface area contributed by atoms with Crippen LogP contribution in [0, 0.1) is 18.6 Å². The van der Waals surface area contributed by atoms with Crippen LogP contribution in [0.5, 0.6) is 5.75 Å². The van der Waals surface area contributed by atoms with E-state index in [1.165, 1.54) is 12.1 Å². The van der Waals surface area contributed by atoms with Crippen molar-refractivity contribution in [3.63, 3.8) is 0 Å². The highest BCUT2D eigenvalue weighted by Gasteiger charge is 2.20. The van der Waals surface area contributed by atoms with Crippen LogP contribution in [0.25, 0.3) is 11.5 Å². The van der Waals surface area contributed by atoms with Crippen molar-refractivity contribution in [2.24, 2.45) is 0 Å². The Kier molecular flexibility index (Phi) is 5.56. The van der Waals surface area contributed by atoms with Crippen molar-refractivity contribution < 1.29 is 17.9 Å². The molecule has 2 aromatic carbocycles. The molecule has 142 valence electrons. The second-order valence-corrected chi connectivity index (χ2v) is 6.49. The van der Waals surface area contributed by atoms with Gasteiger partial charge in [0.1, 0.15) is 11.5 Å². The first-order chi connectivity index (χ1) is 12.9. The fraction of sp³-hybridized carbons (Fsp3) is 0.286. The van der Waals surface area contributed by atoms with Crippen LogP contribution >= 0.6 is 0 Å². The minimum Gasteiger partial charge on any atom is -0.497 e. The summed E-state index contributed by atoms with van der Waals surface area (Å²) in [4.78, 5) is 6.50. The van der Waals surface area contributed by atoms with Gasteiger partial charge in [0.05, 0.1) is 18.4 Å². The highest BCUT2D eigenvalue weighted by molar-refractivity contribution is 5.54. The number of nitrogens with zero attached hydrogens (tertiary/aromatic N) is 2. The Bertz CT molecular complexity index is 922. The molecular formula is C21H22F2N2O2. The maximum absolute atomic E-state index is 14.0. The first-order valence-corrected chi connectivity index (χ1v) is 8.65. The summed E-state index contributed by atoms with van der Waals surface area (Å²) in [7, 11) is 3.61. The molecule has 6 heteroatoms. The van der Waals surface area contributed by atoms with Gasteiger partial charge in [-0.15, -0.1) is 0 Å². The Balaban J connectivity index is 1.79. The number of halogens is 2. The molecule has 0 spiro atoms. The van der Waals surface area contributed by atoms with Gasteiger partial charge in [-0.05, 0) is 50.7 Å². The molecule has 1 atom stereocenters. The van der Waals surface area contributed by atoms with E-state index in [1.807, 2.05) is 31.3 Å². The molecule has 1 aromatic heterocycles. The smallest absolute Gasteiger partial charge is 0.229 e. The number of rotatable bonds is 6. The van der Waals surface area contributed by atoms with Crippen LogP contribution in [0.2, 0.25) is 0 Å². The van der Waals surface area contributed by atoms with E-state index >= 15 is 0 Å². The van der Waals surface area contributed by atoms with Gasteiger partial charge in [0.25, 0.3) is 0 Å². The minimum atomic E-state index is -0.953. The first kappa shape index (κ1) is 19.0. The lowest BCUT2D eigenvalue weighted by Crippen LogP contribution is -2.22. The van der Waals surface area contributed by atoms with Crippen molar-refractivity contribution in [1.29, 1.82) is 0 Å². The zero-order chi connectivity index (χ0) is 19.6. The molecule has 0 amide bonds. The summed E-state index contributed by atoms with van der Waals surface area (Å²) in [5, 5.41) is 0. The molecule has 4 nitrogen and oxygen atoms in total. The molecule has 27 heavy (non-hydrogen) atoms. The Hall–Kier alpha value is -2.73. The topological polar surface area (TPSA) is 38.5 Å². The van der Waals surface area contributed by atoms with E-state index in [0.717, 1.165) is 17.4 Å². The summed E-state index contributed by atoms with van der Waals surface area (Å²) in [6.45, 7) is 4.37. The third-order valence-corrected chi connectivity index (χ3v) is 4.73. The molecule has 0 N–H and O–H groups in total. The van der Waals surface area contributed by atoms with Gasteiger partial charge in [0.2, 0.25) is 5.89 Å². The summed E-state index contributed by atoms with van der Waals surface area (Å²) < 4.78 is 38.3. The third-order valence-electron chi connectivity index (χ3n) is 4.73. The molecule has 0 aliphatic heterocycles. The predicted octanol–water partition coefficient (Wildman–Crippen LogP) is 5.13. The number of benzene rings is 2. The SMILES string of the molecule is COc1ccc(C(C)N(C)Cc2nc(-c3cccc(F)c3F)oc2C)cc1. The van der Waals surface area contributed by atoms with Crippen LogP contribution in [0.1, 0.15) is 30.0 Å². The van der Waals surface area contributed by atoms with E-state index in [0.29, 0.717) is 18.0 Å². The Morgan fingerprint density at radius 3 is 2.52 bits per heavy atom. The molecule has 0 radical (unpaired) electrons. The van der Waals surface area contributed by atoms with E-state index in [9.17, 15) is 8.78 Å². The van der Waals surface area contributed by atoms with Gasteiger partial charge in [0.15, 0.2) is 11.6 Å². The van der Waals surface area contributed by atoms with Crippen molar-refractivity contribution in [2.75, 3.05) is 14.2 Å². The molecule has 3 aromatic rings. The Morgan fingerprint density at radius 2 is 1.85 bits per heavy atom. The summed E-state index contributed by atoms with van der Waals surface area (Å²) >= 11 is 0. The Labute approximate surface area is 157 Å². The van der Waals surface area contributed by atoms with Gasteiger partial charge in [-0.25, -0.2) is 13.8 Å². The van der Waals surface area contributed by atoms with E-state index in [-0.39, 0.29) is 17.5 Å². The maximum Gasteiger partial charge on any atom is 0.229 e. The van der Waals surface area contributed by atoms with Crippen molar-refractivity contribution in [3.8, 4) is 17.2 Å². The first-order valence-electron chi connectivity index (χ1n) is 8.65. The number of hydrogen-bond donors (Lipinski definition) is 0. The second kappa shape index (κ2) is 7.88. The molecule has 0 saturated heterocycles. The van der Waals surface area contributed by atoms with Crippen LogP contribution in [-0.4, -0.2) is 24.0 Å². The van der Waals surface area contributed by atoms with Gasteiger partial charge in [-0.3, -0.25) is 4.90 Å². The van der Waals surface area contributed by atoms with E-state index < -0.39 is 11.6 Å². The number of aromatic nitrogens is 1. The van der Waals surface area contributed by atoms with E-state index in [2.05, 4.69) is 16.8 Å². The average Bonchev–Trinajstić information content (AvgIpc) is 3.03. The van der Waals surface area contributed by atoms with Crippen LogP contribution in [0.15, 0.2) is 46.9 Å². The molecule has 0 fully saturated rings. The number of hydrogen-bond acceptors (Lipinski definition) is 4. The lowest BCUT2D eigenvalue weighted by atomic mass is 10.1. The van der Waals surface area contributed by atoms with Crippen LogP contribution in [0.3, 0.4) is 0 Å². The van der Waals surface area contributed by atoms with Crippen molar-refractivity contribution in [2.45, 2.75) is 26.4 Å². The summed E-state index contributed by atoms with van der Waals surface area (Å²) in [6.07, 6.45) is 0. The van der Waals surface area contributed by atoms with Crippen molar-refractivity contribution in [1.82, 2.24) is 9.88 Å². The minimum absolute atomic E-state index is 0.0233. The van der Waals surface area contributed by atoms with Crippen molar-refractivity contribution in [3.05, 3.63) is 71.1 Å². The van der Waals surface area contributed by atoms with Crippen molar-refractivity contribution >= 4 is 0 Å². The fourth-order valence-electron chi connectivity index (χ4n) is 2.87. The number of oxazole rings is 1. The lowest BCUT2D eigenvalue weighted by Gasteiger charge is -2.24. The highest BCUT2D eigenvalue weighted by atomic mass is 19.2. The molecule has 0 saturated carbocycles. The largest absolute Gasteiger partial charge is 0.497 e. The maximum atomic E-state index is 14.0. The van der Waals surface area contributed by atoms with E-state index in [4.69, 9.17) is 9.15 Å². The molecule has 1 heterocycles. The fourth-order valence-corrected chi connectivity index (χ4v) is 2.87. The number of aryl methyl sites for hydroxylation is 1. The summed E-state index contributed by atoms with van der Waals surface area (Å²) in [5.41, 5.74) is 1.85. The number of ether oxygens (including phenoxy) is 1. The lowest BCUT2D eigenvalue weighted by molar-refractivity contribution is 0.249. The quantitative estimate of drug-likeness (QED) is 0.601. The molecule has 1 unspecified atom stereocenters. The molecule has 0 aliphatic rings. The predicted molar refractivity (Wildman–Crippen MR) is 99.5 cm³/mol. The van der Waals surface area contributed by atoms with Gasteiger partial charge < -0.3 is 9.15 Å². The summed E-state index contributed by atoms with van der Waals surface area (Å²) in [5.74, 6) is -0.393. The zero-order valence-electron chi connectivity index (χ0n) is 15.8. The van der Waals surface area contributed by atoms with Crippen LogP contribution < -0.4 is 4.74 Å². The van der Waals surface area contributed by atoms with E-state index in [1.54, 1.807) is 14.0 Å². The monoisotopic (exact) mass is 372 g/mol.